The number of fused-ring (bicyclic) bond motifs is 2. The lowest BCUT2D eigenvalue weighted by Crippen LogP contribution is -2.40. The van der Waals surface area contributed by atoms with Crippen LogP contribution in [0.15, 0.2) is 0 Å². The van der Waals surface area contributed by atoms with Crippen LogP contribution in [-0.2, 0) is 4.74 Å². The molecule has 4 heteroatoms. The van der Waals surface area contributed by atoms with Crippen molar-refractivity contribution in [2.45, 2.75) is 44.6 Å². The lowest BCUT2D eigenvalue weighted by Gasteiger charge is -2.29. The van der Waals surface area contributed by atoms with Gasteiger partial charge in [-0.25, -0.2) is 4.79 Å². The van der Waals surface area contributed by atoms with Crippen molar-refractivity contribution in [1.82, 2.24) is 10.2 Å². The van der Waals surface area contributed by atoms with Crippen molar-refractivity contribution in [3.8, 4) is 0 Å². The summed E-state index contributed by atoms with van der Waals surface area (Å²) in [5, 5.41) is 3.09. The summed E-state index contributed by atoms with van der Waals surface area (Å²) in [5.41, 5.74) is 0. The number of nitrogens with one attached hydrogen (secondary N) is 1. The van der Waals surface area contributed by atoms with E-state index in [9.17, 15) is 4.79 Å². The molecule has 3 atom stereocenters. The standard InChI is InChI=1S/C15H26N2O2/c1-17-6-4-11(5-7-17)10-19-15(18)16-14-9-12-2-3-13(14)8-12/h11-14H,2-10H2,1H3,(H,16,18). The fraction of sp³-hybridized carbons (Fsp3) is 0.933. The smallest absolute Gasteiger partial charge is 0.407 e. The normalized spacial score (nSPS) is 35.5. The van der Waals surface area contributed by atoms with Crippen LogP contribution >= 0.6 is 0 Å². The number of alkyl carbamates (subject to hydrolysis) is 1. The Morgan fingerprint density at radius 1 is 1.21 bits per heavy atom. The van der Waals surface area contributed by atoms with Crippen molar-refractivity contribution in [1.29, 1.82) is 0 Å². The Bertz CT molecular complexity index is 326. The molecule has 4 nitrogen and oxygen atoms in total. The molecule has 0 aromatic heterocycles. The topological polar surface area (TPSA) is 41.6 Å². The van der Waals surface area contributed by atoms with Crippen molar-refractivity contribution < 1.29 is 9.53 Å². The largest absolute Gasteiger partial charge is 0.449 e. The van der Waals surface area contributed by atoms with E-state index in [1.54, 1.807) is 0 Å². The van der Waals surface area contributed by atoms with Gasteiger partial charge in [0.25, 0.3) is 0 Å². The predicted octanol–water partition coefficient (Wildman–Crippen LogP) is 2.24. The van der Waals surface area contributed by atoms with Gasteiger partial charge < -0.3 is 15.0 Å². The van der Waals surface area contributed by atoms with Crippen molar-refractivity contribution >= 4 is 6.09 Å². The quantitative estimate of drug-likeness (QED) is 0.852. The van der Waals surface area contributed by atoms with E-state index < -0.39 is 0 Å². The highest BCUT2D eigenvalue weighted by molar-refractivity contribution is 5.67. The molecular formula is C15H26N2O2. The average molecular weight is 266 g/mol. The molecule has 3 fully saturated rings. The Hall–Kier alpha value is -0.770. The summed E-state index contributed by atoms with van der Waals surface area (Å²) in [6, 6.07) is 0.392. The van der Waals surface area contributed by atoms with Gasteiger partial charge >= 0.3 is 6.09 Å². The highest BCUT2D eigenvalue weighted by Gasteiger charge is 2.40. The molecule has 1 saturated heterocycles. The summed E-state index contributed by atoms with van der Waals surface area (Å²) in [6.07, 6.45) is 7.28. The molecule has 2 saturated carbocycles. The SMILES string of the molecule is CN1CCC(COC(=O)NC2CC3CCC2C3)CC1. The fourth-order valence-corrected chi connectivity index (χ4v) is 4.04. The van der Waals surface area contributed by atoms with Gasteiger partial charge in [-0.1, -0.05) is 6.42 Å². The van der Waals surface area contributed by atoms with E-state index in [0.29, 0.717) is 18.6 Å². The minimum Gasteiger partial charge on any atom is -0.449 e. The monoisotopic (exact) mass is 266 g/mol. The van der Waals surface area contributed by atoms with Crippen LogP contribution in [0.5, 0.6) is 0 Å². The number of carbonyl (C=O) groups excluding carboxylic acids is 1. The molecule has 2 aliphatic carbocycles. The molecule has 3 aliphatic rings. The molecule has 3 rings (SSSR count). The zero-order valence-electron chi connectivity index (χ0n) is 11.9. The van der Waals surface area contributed by atoms with Crippen LogP contribution in [0.4, 0.5) is 4.79 Å². The summed E-state index contributed by atoms with van der Waals surface area (Å²) in [5.74, 6) is 2.15. The number of likely N-dealkylation sites (tertiary alicyclic amines) is 1. The first-order valence-corrected chi connectivity index (χ1v) is 7.82. The second kappa shape index (κ2) is 5.70. The van der Waals surface area contributed by atoms with E-state index in [-0.39, 0.29) is 6.09 Å². The van der Waals surface area contributed by atoms with Gasteiger partial charge in [-0.3, -0.25) is 0 Å². The number of hydrogen-bond donors (Lipinski definition) is 1. The molecule has 1 aliphatic heterocycles. The zero-order chi connectivity index (χ0) is 13.2. The first kappa shape index (κ1) is 13.2. The molecule has 0 radical (unpaired) electrons. The summed E-state index contributed by atoms with van der Waals surface area (Å²) in [7, 11) is 2.15. The molecule has 3 unspecified atom stereocenters. The van der Waals surface area contributed by atoms with Crippen LogP contribution in [0.1, 0.15) is 38.5 Å². The van der Waals surface area contributed by atoms with Crippen molar-refractivity contribution in [2.24, 2.45) is 17.8 Å². The lowest BCUT2D eigenvalue weighted by molar-refractivity contribution is 0.0980. The second-order valence-corrected chi connectivity index (χ2v) is 6.77. The van der Waals surface area contributed by atoms with Gasteiger partial charge in [0, 0.05) is 6.04 Å². The average Bonchev–Trinajstić information content (AvgIpc) is 3.00. The summed E-state index contributed by atoms with van der Waals surface area (Å²) in [4.78, 5) is 14.2. The Kier molecular flexibility index (Phi) is 3.96. The molecule has 0 aromatic rings. The third-order valence-electron chi connectivity index (χ3n) is 5.33. The first-order chi connectivity index (χ1) is 9.20. The van der Waals surface area contributed by atoms with Crippen LogP contribution in [0.2, 0.25) is 0 Å². The van der Waals surface area contributed by atoms with Gasteiger partial charge in [0.15, 0.2) is 0 Å². The van der Waals surface area contributed by atoms with E-state index in [1.165, 1.54) is 25.7 Å². The Morgan fingerprint density at radius 3 is 2.63 bits per heavy atom. The van der Waals surface area contributed by atoms with Crippen molar-refractivity contribution in [3.63, 3.8) is 0 Å². The van der Waals surface area contributed by atoms with Gasteiger partial charge in [0.1, 0.15) is 0 Å². The molecule has 1 N–H and O–H groups in total. The van der Waals surface area contributed by atoms with Gasteiger partial charge in [0.2, 0.25) is 0 Å². The summed E-state index contributed by atoms with van der Waals surface area (Å²) in [6.45, 7) is 2.85. The summed E-state index contributed by atoms with van der Waals surface area (Å²) >= 11 is 0. The third kappa shape index (κ3) is 3.22. The minimum absolute atomic E-state index is 0.184. The molecule has 0 aromatic carbocycles. The molecule has 2 bridgehead atoms. The number of nitrogens with zero attached hydrogens (tertiary/aromatic N) is 1. The fourth-order valence-electron chi connectivity index (χ4n) is 4.04. The van der Waals surface area contributed by atoms with Crippen LogP contribution < -0.4 is 5.32 Å². The molecule has 108 valence electrons. The van der Waals surface area contributed by atoms with E-state index >= 15 is 0 Å². The lowest BCUT2D eigenvalue weighted by atomic mass is 9.95. The number of amides is 1. The second-order valence-electron chi connectivity index (χ2n) is 6.77. The number of piperidine rings is 1. The van der Waals surface area contributed by atoms with E-state index in [2.05, 4.69) is 17.3 Å². The maximum Gasteiger partial charge on any atom is 0.407 e. The van der Waals surface area contributed by atoms with E-state index in [0.717, 1.165) is 37.8 Å². The maximum atomic E-state index is 11.8. The Balaban J connectivity index is 1.35. The van der Waals surface area contributed by atoms with E-state index in [4.69, 9.17) is 4.74 Å². The molecule has 19 heavy (non-hydrogen) atoms. The molecular weight excluding hydrogens is 240 g/mol. The number of carbonyl (C=O) groups is 1. The van der Waals surface area contributed by atoms with Gasteiger partial charge in [-0.05, 0) is 70.0 Å². The van der Waals surface area contributed by atoms with E-state index in [1.807, 2.05) is 0 Å². The Labute approximate surface area is 115 Å². The zero-order valence-corrected chi connectivity index (χ0v) is 11.9. The molecule has 1 heterocycles. The first-order valence-electron chi connectivity index (χ1n) is 7.82. The predicted molar refractivity (Wildman–Crippen MR) is 73.9 cm³/mol. The number of rotatable bonds is 3. The van der Waals surface area contributed by atoms with Crippen molar-refractivity contribution in [3.05, 3.63) is 0 Å². The van der Waals surface area contributed by atoms with Crippen molar-refractivity contribution in [2.75, 3.05) is 26.7 Å². The molecule has 1 amide bonds. The van der Waals surface area contributed by atoms with Gasteiger partial charge in [0.05, 0.1) is 6.61 Å². The van der Waals surface area contributed by atoms with Crippen LogP contribution in [0, 0.1) is 17.8 Å². The number of ether oxygens (including phenoxy) is 1. The van der Waals surface area contributed by atoms with Gasteiger partial charge in [-0.15, -0.1) is 0 Å². The minimum atomic E-state index is -0.184. The van der Waals surface area contributed by atoms with Crippen LogP contribution in [0.25, 0.3) is 0 Å². The highest BCUT2D eigenvalue weighted by Crippen LogP contribution is 2.44. The highest BCUT2D eigenvalue weighted by atomic mass is 16.5. The number of hydrogen-bond acceptors (Lipinski definition) is 3. The summed E-state index contributed by atoms with van der Waals surface area (Å²) < 4.78 is 5.42. The third-order valence-corrected chi connectivity index (χ3v) is 5.33. The van der Waals surface area contributed by atoms with Gasteiger partial charge in [-0.2, -0.15) is 0 Å². The Morgan fingerprint density at radius 2 is 2.00 bits per heavy atom. The van der Waals surface area contributed by atoms with Crippen LogP contribution in [0.3, 0.4) is 0 Å². The molecule has 0 spiro atoms. The van der Waals surface area contributed by atoms with Crippen LogP contribution in [-0.4, -0.2) is 43.8 Å². The maximum absolute atomic E-state index is 11.8.